The van der Waals surface area contributed by atoms with Crippen molar-refractivity contribution < 1.29 is 9.84 Å². The number of aliphatic hydroxyl groups is 1. The van der Waals surface area contributed by atoms with Crippen molar-refractivity contribution >= 4 is 21.6 Å². The van der Waals surface area contributed by atoms with E-state index < -0.39 is 0 Å². The summed E-state index contributed by atoms with van der Waals surface area (Å²) >= 11 is 1.53. The largest absolute Gasteiger partial charge is 0.494 e. The Morgan fingerprint density at radius 1 is 1.04 bits per heavy atom. The summed E-state index contributed by atoms with van der Waals surface area (Å²) in [5.74, 6) is 0.909. The third-order valence-electron chi connectivity index (χ3n) is 5.08. The SMILES string of the molecule is CCc1ccc(-c2nsc3cc(OCCCCN(CC)CCO)ccc23)cc1. The summed E-state index contributed by atoms with van der Waals surface area (Å²) in [5, 5.41) is 10.2. The fourth-order valence-electron chi connectivity index (χ4n) is 3.31. The number of likely N-dealkylation sites (N-methyl/N-ethyl adjacent to an activating group) is 1. The van der Waals surface area contributed by atoms with E-state index in [9.17, 15) is 0 Å². The number of benzene rings is 2. The van der Waals surface area contributed by atoms with Gasteiger partial charge in [0.2, 0.25) is 0 Å². The highest BCUT2D eigenvalue weighted by atomic mass is 32.1. The minimum absolute atomic E-state index is 0.226. The highest BCUT2D eigenvalue weighted by Gasteiger charge is 2.10. The number of rotatable bonds is 11. The van der Waals surface area contributed by atoms with Gasteiger partial charge >= 0.3 is 0 Å². The molecule has 0 aliphatic rings. The van der Waals surface area contributed by atoms with Crippen molar-refractivity contribution in [1.29, 1.82) is 0 Å². The molecule has 0 atom stereocenters. The van der Waals surface area contributed by atoms with E-state index in [-0.39, 0.29) is 6.61 Å². The van der Waals surface area contributed by atoms with Crippen LogP contribution in [-0.2, 0) is 6.42 Å². The van der Waals surface area contributed by atoms with Crippen LogP contribution in [0.3, 0.4) is 0 Å². The molecule has 150 valence electrons. The topological polar surface area (TPSA) is 45.6 Å². The van der Waals surface area contributed by atoms with Gasteiger partial charge in [-0.3, -0.25) is 0 Å². The van der Waals surface area contributed by atoms with Crippen molar-refractivity contribution in [2.45, 2.75) is 33.1 Å². The Labute approximate surface area is 171 Å². The molecule has 0 saturated carbocycles. The fourth-order valence-corrected chi connectivity index (χ4v) is 4.14. The second-order valence-electron chi connectivity index (χ2n) is 6.95. The number of fused-ring (bicyclic) bond motifs is 1. The molecule has 4 nitrogen and oxygen atoms in total. The van der Waals surface area contributed by atoms with Crippen molar-refractivity contribution in [2.75, 3.05) is 32.8 Å². The Bertz CT molecular complexity index is 861. The predicted molar refractivity (Wildman–Crippen MR) is 118 cm³/mol. The zero-order valence-corrected chi connectivity index (χ0v) is 17.7. The summed E-state index contributed by atoms with van der Waals surface area (Å²) in [6.07, 6.45) is 3.14. The maximum Gasteiger partial charge on any atom is 0.120 e. The van der Waals surface area contributed by atoms with Gasteiger partial charge in [0.15, 0.2) is 0 Å². The van der Waals surface area contributed by atoms with E-state index in [1.807, 2.05) is 6.07 Å². The summed E-state index contributed by atoms with van der Waals surface area (Å²) in [4.78, 5) is 2.26. The number of aromatic nitrogens is 1. The molecule has 3 rings (SSSR count). The lowest BCUT2D eigenvalue weighted by Gasteiger charge is -2.18. The quantitative estimate of drug-likeness (QED) is 0.462. The molecule has 0 aliphatic carbocycles. The fraction of sp³-hybridized carbons (Fsp3) is 0.435. The molecule has 3 aromatic rings. The average Bonchev–Trinajstić information content (AvgIpc) is 3.16. The first-order valence-corrected chi connectivity index (χ1v) is 11.0. The molecule has 28 heavy (non-hydrogen) atoms. The van der Waals surface area contributed by atoms with Crippen LogP contribution in [-0.4, -0.2) is 47.2 Å². The first-order chi connectivity index (χ1) is 13.7. The summed E-state index contributed by atoms with van der Waals surface area (Å²) in [6, 6.07) is 14.9. The van der Waals surface area contributed by atoms with Gasteiger partial charge in [-0.1, -0.05) is 38.1 Å². The molecule has 5 heteroatoms. The van der Waals surface area contributed by atoms with E-state index in [1.54, 1.807) is 0 Å². The molecular weight excluding hydrogens is 368 g/mol. The van der Waals surface area contributed by atoms with Crippen molar-refractivity contribution in [2.24, 2.45) is 0 Å². The Kier molecular flexibility index (Phi) is 7.83. The van der Waals surface area contributed by atoms with Crippen LogP contribution in [0.4, 0.5) is 0 Å². The van der Waals surface area contributed by atoms with E-state index in [2.05, 4.69) is 59.5 Å². The molecule has 0 spiro atoms. The zero-order chi connectivity index (χ0) is 19.8. The number of nitrogens with zero attached hydrogens (tertiary/aromatic N) is 2. The molecule has 0 aliphatic heterocycles. The standard InChI is InChI=1S/C23H30N2O2S/c1-3-18-7-9-19(10-8-18)23-21-12-11-20(17-22(21)28-24-23)27-16-6-5-13-25(4-2)14-15-26/h7-12,17,26H,3-6,13-16H2,1-2H3. The van der Waals surface area contributed by atoms with E-state index in [0.717, 1.165) is 55.0 Å². The predicted octanol–water partition coefficient (Wildman–Crippen LogP) is 5.00. The molecule has 0 bridgehead atoms. The maximum atomic E-state index is 9.03. The lowest BCUT2D eigenvalue weighted by Crippen LogP contribution is -2.27. The van der Waals surface area contributed by atoms with Crippen LogP contribution in [0.5, 0.6) is 5.75 Å². The molecule has 0 amide bonds. The molecule has 1 N–H and O–H groups in total. The van der Waals surface area contributed by atoms with Gasteiger partial charge in [-0.2, -0.15) is 4.37 Å². The van der Waals surface area contributed by atoms with Gasteiger partial charge in [-0.15, -0.1) is 0 Å². The Morgan fingerprint density at radius 3 is 2.57 bits per heavy atom. The highest BCUT2D eigenvalue weighted by Crippen LogP contribution is 2.33. The third-order valence-corrected chi connectivity index (χ3v) is 5.89. The van der Waals surface area contributed by atoms with E-state index >= 15 is 0 Å². The summed E-state index contributed by atoms with van der Waals surface area (Å²) in [7, 11) is 0. The monoisotopic (exact) mass is 398 g/mol. The van der Waals surface area contributed by atoms with Crippen LogP contribution in [0.2, 0.25) is 0 Å². The Balaban J connectivity index is 1.56. The lowest BCUT2D eigenvalue weighted by atomic mass is 10.1. The minimum atomic E-state index is 0.226. The van der Waals surface area contributed by atoms with Gasteiger partial charge < -0.3 is 14.7 Å². The van der Waals surface area contributed by atoms with E-state index in [1.165, 1.54) is 28.0 Å². The van der Waals surface area contributed by atoms with Crippen LogP contribution < -0.4 is 4.74 Å². The van der Waals surface area contributed by atoms with Gasteiger partial charge in [-0.05, 0) is 67.6 Å². The van der Waals surface area contributed by atoms with Crippen LogP contribution in [0.25, 0.3) is 21.3 Å². The molecule has 0 unspecified atom stereocenters. The van der Waals surface area contributed by atoms with Crippen LogP contribution in [0, 0.1) is 0 Å². The van der Waals surface area contributed by atoms with Crippen molar-refractivity contribution in [3.63, 3.8) is 0 Å². The molecule has 1 aromatic heterocycles. The van der Waals surface area contributed by atoms with Crippen LogP contribution in [0.1, 0.15) is 32.3 Å². The van der Waals surface area contributed by atoms with Gasteiger partial charge in [-0.25, -0.2) is 0 Å². The van der Waals surface area contributed by atoms with Gasteiger partial charge in [0, 0.05) is 17.5 Å². The van der Waals surface area contributed by atoms with Crippen LogP contribution >= 0.6 is 11.5 Å². The summed E-state index contributed by atoms with van der Waals surface area (Å²) in [6.45, 7) is 7.98. The number of unbranched alkanes of at least 4 members (excludes halogenated alkanes) is 1. The number of aryl methyl sites for hydroxylation is 1. The second-order valence-corrected chi connectivity index (χ2v) is 7.76. The van der Waals surface area contributed by atoms with Gasteiger partial charge in [0.25, 0.3) is 0 Å². The number of hydrogen-bond acceptors (Lipinski definition) is 5. The van der Waals surface area contributed by atoms with Gasteiger partial charge in [0.05, 0.1) is 23.6 Å². The minimum Gasteiger partial charge on any atom is -0.494 e. The molecule has 2 aromatic carbocycles. The molecular formula is C23H30N2O2S. The van der Waals surface area contributed by atoms with Crippen molar-refractivity contribution in [3.8, 4) is 17.0 Å². The molecule has 0 fully saturated rings. The second kappa shape index (κ2) is 10.6. The average molecular weight is 399 g/mol. The molecule has 1 heterocycles. The maximum absolute atomic E-state index is 9.03. The third kappa shape index (κ3) is 5.31. The Hall–Kier alpha value is -1.95. The first-order valence-electron chi connectivity index (χ1n) is 10.2. The molecule has 0 saturated heterocycles. The number of ether oxygens (including phenoxy) is 1. The molecule has 0 radical (unpaired) electrons. The summed E-state index contributed by atoms with van der Waals surface area (Å²) in [5.41, 5.74) is 3.57. The number of aliphatic hydroxyl groups excluding tert-OH is 1. The highest BCUT2D eigenvalue weighted by molar-refractivity contribution is 7.13. The Morgan fingerprint density at radius 2 is 1.86 bits per heavy atom. The smallest absolute Gasteiger partial charge is 0.120 e. The van der Waals surface area contributed by atoms with Crippen molar-refractivity contribution in [1.82, 2.24) is 9.27 Å². The van der Waals surface area contributed by atoms with E-state index in [0.29, 0.717) is 6.61 Å². The van der Waals surface area contributed by atoms with Crippen LogP contribution in [0.15, 0.2) is 42.5 Å². The van der Waals surface area contributed by atoms with E-state index in [4.69, 9.17) is 9.84 Å². The normalized spacial score (nSPS) is 11.4. The first kappa shape index (κ1) is 20.8. The lowest BCUT2D eigenvalue weighted by molar-refractivity contribution is 0.195. The number of hydrogen-bond donors (Lipinski definition) is 1. The summed E-state index contributed by atoms with van der Waals surface area (Å²) < 4.78 is 11.8. The van der Waals surface area contributed by atoms with Gasteiger partial charge in [0.1, 0.15) is 5.75 Å². The zero-order valence-electron chi connectivity index (χ0n) is 16.9. The van der Waals surface area contributed by atoms with Crippen molar-refractivity contribution in [3.05, 3.63) is 48.0 Å².